The lowest BCUT2D eigenvalue weighted by Gasteiger charge is -2.22. The number of ether oxygens (including phenoxy) is 2. The predicted octanol–water partition coefficient (Wildman–Crippen LogP) is 4.83. The minimum atomic E-state index is -3.60. The van der Waals surface area contributed by atoms with Crippen molar-refractivity contribution in [1.82, 2.24) is 4.72 Å². The molecule has 9 heteroatoms. The molecule has 0 bridgehead atoms. The van der Waals surface area contributed by atoms with Crippen LogP contribution in [0.25, 0.3) is 0 Å². The van der Waals surface area contributed by atoms with Gasteiger partial charge in [0.25, 0.3) is 0 Å². The zero-order valence-corrected chi connectivity index (χ0v) is 22.4. The molecule has 0 aliphatic heterocycles. The molecule has 0 aliphatic rings. The van der Waals surface area contributed by atoms with Gasteiger partial charge in [0.2, 0.25) is 10.0 Å². The molecule has 0 saturated carbocycles. The standard InChI is InChI=1S/C30H32N4O4S/c1-37-29-18-25(14-17-28(29)38-20-22-8-4-2-5-9-22)27(34-26-15-12-24(13-16-26)30(31)32)19-33-39(35,36)21-23-10-6-3-7-11-23/h2-18,27,33-34H,19-21H2,1H3,(H3,31,32). The second-order valence-electron chi connectivity index (χ2n) is 8.97. The molecular formula is C30H32N4O4S. The van der Waals surface area contributed by atoms with Crippen LogP contribution in [-0.2, 0) is 22.4 Å². The van der Waals surface area contributed by atoms with Crippen LogP contribution in [0.15, 0.2) is 103 Å². The summed E-state index contributed by atoms with van der Waals surface area (Å²) in [5.74, 6) is 0.972. The lowest BCUT2D eigenvalue weighted by molar-refractivity contribution is 0.284. The first-order valence-corrected chi connectivity index (χ1v) is 14.0. The quantitative estimate of drug-likeness (QED) is 0.141. The first kappa shape index (κ1) is 27.7. The van der Waals surface area contributed by atoms with E-state index in [2.05, 4.69) is 10.0 Å². The van der Waals surface area contributed by atoms with Crippen molar-refractivity contribution in [1.29, 1.82) is 5.41 Å². The van der Waals surface area contributed by atoms with Gasteiger partial charge in [-0.1, -0.05) is 66.7 Å². The topological polar surface area (TPSA) is 127 Å². The number of rotatable bonds is 13. The molecule has 0 aliphatic carbocycles. The fourth-order valence-corrected chi connectivity index (χ4v) is 5.16. The number of hydrogen-bond acceptors (Lipinski definition) is 6. The Morgan fingerprint density at radius 2 is 1.51 bits per heavy atom. The molecule has 0 amide bonds. The maximum absolute atomic E-state index is 12.9. The molecule has 8 nitrogen and oxygen atoms in total. The molecule has 0 spiro atoms. The predicted molar refractivity (Wildman–Crippen MR) is 155 cm³/mol. The summed E-state index contributed by atoms with van der Waals surface area (Å²) < 4.78 is 40.1. The zero-order valence-electron chi connectivity index (χ0n) is 21.6. The summed E-state index contributed by atoms with van der Waals surface area (Å²) >= 11 is 0. The van der Waals surface area contributed by atoms with Crippen molar-refractivity contribution < 1.29 is 17.9 Å². The van der Waals surface area contributed by atoms with Crippen LogP contribution in [0.2, 0.25) is 0 Å². The van der Waals surface area contributed by atoms with E-state index in [1.54, 1.807) is 43.5 Å². The Morgan fingerprint density at radius 3 is 2.13 bits per heavy atom. The maximum Gasteiger partial charge on any atom is 0.215 e. The number of nitrogen functional groups attached to an aromatic ring is 1. The molecule has 0 saturated heterocycles. The van der Waals surface area contributed by atoms with Crippen LogP contribution in [0.3, 0.4) is 0 Å². The van der Waals surface area contributed by atoms with Gasteiger partial charge in [0.05, 0.1) is 18.9 Å². The number of anilines is 1. The summed E-state index contributed by atoms with van der Waals surface area (Å²) in [6.07, 6.45) is 0. The van der Waals surface area contributed by atoms with Gasteiger partial charge in [0.15, 0.2) is 11.5 Å². The fourth-order valence-electron chi connectivity index (χ4n) is 4.01. The van der Waals surface area contributed by atoms with Crippen molar-refractivity contribution >= 4 is 21.5 Å². The van der Waals surface area contributed by atoms with E-state index in [0.717, 1.165) is 16.8 Å². The molecule has 1 unspecified atom stereocenters. The van der Waals surface area contributed by atoms with E-state index >= 15 is 0 Å². The molecule has 0 aromatic heterocycles. The van der Waals surface area contributed by atoms with Gasteiger partial charge in [-0.3, -0.25) is 5.41 Å². The van der Waals surface area contributed by atoms with Crippen LogP contribution >= 0.6 is 0 Å². The second-order valence-corrected chi connectivity index (χ2v) is 10.8. The molecule has 39 heavy (non-hydrogen) atoms. The molecule has 0 heterocycles. The van der Waals surface area contributed by atoms with Crippen LogP contribution in [0.4, 0.5) is 5.69 Å². The van der Waals surface area contributed by atoms with Crippen LogP contribution in [0.5, 0.6) is 11.5 Å². The van der Waals surface area contributed by atoms with Crippen LogP contribution in [0.1, 0.15) is 28.3 Å². The minimum absolute atomic E-state index is 0.0254. The average Bonchev–Trinajstić information content (AvgIpc) is 2.95. The van der Waals surface area contributed by atoms with E-state index < -0.39 is 16.1 Å². The van der Waals surface area contributed by atoms with Crippen LogP contribution < -0.4 is 25.2 Å². The van der Waals surface area contributed by atoms with Crippen molar-refractivity contribution in [3.05, 3.63) is 125 Å². The van der Waals surface area contributed by atoms with Gasteiger partial charge in [-0.15, -0.1) is 0 Å². The van der Waals surface area contributed by atoms with E-state index in [9.17, 15) is 8.42 Å². The summed E-state index contributed by atoms with van der Waals surface area (Å²) in [5.41, 5.74) is 9.47. The summed E-state index contributed by atoms with van der Waals surface area (Å²) in [5, 5.41) is 11.0. The molecule has 4 aromatic rings. The summed E-state index contributed by atoms with van der Waals surface area (Å²) in [6.45, 7) is 0.483. The lowest BCUT2D eigenvalue weighted by atomic mass is 10.1. The molecule has 0 fully saturated rings. The van der Waals surface area contributed by atoms with Gasteiger partial charge in [0, 0.05) is 17.8 Å². The third-order valence-electron chi connectivity index (χ3n) is 6.07. The number of nitrogens with one attached hydrogen (secondary N) is 3. The Morgan fingerprint density at radius 1 is 0.872 bits per heavy atom. The largest absolute Gasteiger partial charge is 0.493 e. The molecule has 202 valence electrons. The highest BCUT2D eigenvalue weighted by molar-refractivity contribution is 7.88. The van der Waals surface area contributed by atoms with E-state index in [1.165, 1.54) is 0 Å². The van der Waals surface area contributed by atoms with E-state index in [4.69, 9.17) is 20.6 Å². The van der Waals surface area contributed by atoms with Crippen molar-refractivity contribution in [3.8, 4) is 11.5 Å². The summed E-state index contributed by atoms with van der Waals surface area (Å²) in [6, 6.07) is 31.1. The van der Waals surface area contributed by atoms with E-state index in [-0.39, 0.29) is 18.1 Å². The number of hydrogen-bond donors (Lipinski definition) is 4. The molecule has 5 N–H and O–H groups in total. The molecular weight excluding hydrogens is 512 g/mol. The minimum Gasteiger partial charge on any atom is -0.493 e. The maximum atomic E-state index is 12.9. The second kappa shape index (κ2) is 12.9. The fraction of sp³-hybridized carbons (Fsp3) is 0.167. The first-order chi connectivity index (χ1) is 18.8. The molecule has 0 radical (unpaired) electrons. The van der Waals surface area contributed by atoms with Crippen molar-refractivity contribution in [3.63, 3.8) is 0 Å². The number of nitrogens with two attached hydrogens (primary N) is 1. The van der Waals surface area contributed by atoms with Crippen LogP contribution in [0, 0.1) is 5.41 Å². The highest BCUT2D eigenvalue weighted by Crippen LogP contribution is 2.32. The molecule has 4 rings (SSSR count). The van der Waals surface area contributed by atoms with Gasteiger partial charge in [-0.2, -0.15) is 0 Å². The van der Waals surface area contributed by atoms with Crippen molar-refractivity contribution in [2.45, 2.75) is 18.4 Å². The molecule has 4 aromatic carbocycles. The summed E-state index contributed by atoms with van der Waals surface area (Å²) in [4.78, 5) is 0. The smallest absolute Gasteiger partial charge is 0.215 e. The van der Waals surface area contributed by atoms with Gasteiger partial charge in [0.1, 0.15) is 12.4 Å². The highest BCUT2D eigenvalue weighted by atomic mass is 32.2. The van der Waals surface area contributed by atoms with Gasteiger partial charge < -0.3 is 20.5 Å². The van der Waals surface area contributed by atoms with Gasteiger partial charge >= 0.3 is 0 Å². The van der Waals surface area contributed by atoms with Crippen molar-refractivity contribution in [2.75, 3.05) is 19.0 Å². The SMILES string of the molecule is COc1cc(C(CNS(=O)(=O)Cc2ccccc2)Nc2ccc(C(=N)N)cc2)ccc1OCc1ccccc1. The van der Waals surface area contributed by atoms with Crippen LogP contribution in [-0.4, -0.2) is 27.9 Å². The Kier molecular flexibility index (Phi) is 9.19. The number of amidine groups is 1. The van der Waals surface area contributed by atoms with Crippen molar-refractivity contribution in [2.24, 2.45) is 5.73 Å². The Balaban J connectivity index is 1.55. The number of benzene rings is 4. The Bertz CT molecular complexity index is 1480. The zero-order chi connectivity index (χ0) is 27.7. The highest BCUT2D eigenvalue weighted by Gasteiger charge is 2.19. The summed E-state index contributed by atoms with van der Waals surface area (Å²) in [7, 11) is -2.03. The van der Waals surface area contributed by atoms with Gasteiger partial charge in [-0.05, 0) is 53.1 Å². The monoisotopic (exact) mass is 544 g/mol. The molecule has 1 atom stereocenters. The number of methoxy groups -OCH3 is 1. The average molecular weight is 545 g/mol. The van der Waals surface area contributed by atoms with Gasteiger partial charge in [-0.25, -0.2) is 13.1 Å². The third-order valence-corrected chi connectivity index (χ3v) is 7.39. The first-order valence-electron chi connectivity index (χ1n) is 12.4. The van der Waals surface area contributed by atoms with E-state index in [0.29, 0.717) is 29.2 Å². The third kappa shape index (κ3) is 8.07. The normalized spacial score (nSPS) is 11.9. The lowest BCUT2D eigenvalue weighted by Crippen LogP contribution is -2.32. The van der Waals surface area contributed by atoms with E-state index in [1.807, 2.05) is 66.7 Å². The Hall–Kier alpha value is -4.34. The number of sulfonamides is 1. The Labute approximate surface area is 229 Å².